The lowest BCUT2D eigenvalue weighted by molar-refractivity contribution is -0.129. The summed E-state index contributed by atoms with van der Waals surface area (Å²) in [6.07, 6.45) is 1.64. The molecule has 0 aliphatic carbocycles. The van der Waals surface area contributed by atoms with E-state index in [-0.39, 0.29) is 5.70 Å². The van der Waals surface area contributed by atoms with Crippen LogP contribution < -0.4 is 4.74 Å². The van der Waals surface area contributed by atoms with Crippen molar-refractivity contribution < 1.29 is 19.1 Å². The van der Waals surface area contributed by atoms with Crippen molar-refractivity contribution in [1.82, 2.24) is 0 Å². The average molecular weight is 523 g/mol. The first-order valence-electron chi connectivity index (χ1n) is 9.58. The molecule has 3 aromatic rings. The maximum Gasteiger partial charge on any atom is 0.363 e. The molecule has 0 fully saturated rings. The summed E-state index contributed by atoms with van der Waals surface area (Å²) < 4.78 is 11.9. The molecule has 31 heavy (non-hydrogen) atoms. The van der Waals surface area contributed by atoms with Crippen LogP contribution in [-0.2, 0) is 9.53 Å². The summed E-state index contributed by atoms with van der Waals surface area (Å²) in [6, 6.07) is 19.9. The van der Waals surface area contributed by atoms with E-state index in [2.05, 4.69) is 27.6 Å². The fourth-order valence-corrected chi connectivity index (χ4v) is 3.40. The average Bonchev–Trinajstić information content (AvgIpc) is 3.12. The van der Waals surface area contributed by atoms with Gasteiger partial charge < -0.3 is 9.47 Å². The number of benzene rings is 3. The second kappa shape index (κ2) is 8.85. The minimum Gasteiger partial charge on any atom is -0.423 e. The molecule has 0 N–H and O–H groups in total. The van der Waals surface area contributed by atoms with Crippen molar-refractivity contribution in [2.75, 3.05) is 0 Å². The van der Waals surface area contributed by atoms with Crippen LogP contribution in [0.2, 0.25) is 0 Å². The van der Waals surface area contributed by atoms with Gasteiger partial charge in [-0.2, -0.15) is 0 Å². The van der Waals surface area contributed by atoms with Crippen LogP contribution in [-0.4, -0.2) is 17.8 Å². The van der Waals surface area contributed by atoms with Gasteiger partial charge in [0.05, 0.1) is 5.56 Å². The van der Waals surface area contributed by atoms with Gasteiger partial charge in [-0.15, -0.1) is 0 Å². The Kier molecular flexibility index (Phi) is 5.99. The molecule has 1 aliphatic rings. The van der Waals surface area contributed by atoms with E-state index in [9.17, 15) is 9.59 Å². The van der Waals surface area contributed by atoms with E-state index in [1.54, 1.807) is 42.5 Å². The molecular formula is C25H18INO4. The number of hydrogen-bond donors (Lipinski definition) is 0. The lowest BCUT2D eigenvalue weighted by Gasteiger charge is -2.06. The summed E-state index contributed by atoms with van der Waals surface area (Å²) >= 11 is 2.25. The largest absolute Gasteiger partial charge is 0.423 e. The van der Waals surface area contributed by atoms with Crippen LogP contribution in [0.3, 0.4) is 0 Å². The molecule has 0 spiro atoms. The maximum absolute atomic E-state index is 12.3. The molecule has 0 amide bonds. The van der Waals surface area contributed by atoms with Gasteiger partial charge in [-0.05, 0) is 95.6 Å². The minimum atomic E-state index is -0.499. The Bertz CT molecular complexity index is 1240. The molecule has 0 bridgehead atoms. The van der Waals surface area contributed by atoms with Crippen molar-refractivity contribution >= 4 is 46.5 Å². The minimum absolute atomic E-state index is 0.218. The first kappa shape index (κ1) is 21.0. The highest BCUT2D eigenvalue weighted by molar-refractivity contribution is 14.1. The summed E-state index contributed by atoms with van der Waals surface area (Å²) in [4.78, 5) is 28.9. The van der Waals surface area contributed by atoms with E-state index in [0.29, 0.717) is 17.2 Å². The number of halogens is 1. The number of aryl methyl sites for hydroxylation is 2. The number of nitrogens with zero attached hydrogens (tertiary/aromatic N) is 1. The lowest BCUT2D eigenvalue weighted by Crippen LogP contribution is -2.09. The van der Waals surface area contributed by atoms with E-state index in [4.69, 9.17) is 9.47 Å². The molecule has 0 unspecified atom stereocenters. The highest BCUT2D eigenvalue weighted by atomic mass is 127. The molecule has 4 rings (SSSR count). The highest BCUT2D eigenvalue weighted by Crippen LogP contribution is 2.23. The van der Waals surface area contributed by atoms with Gasteiger partial charge in [-0.3, -0.25) is 0 Å². The fraction of sp³-hybridized carbons (Fsp3) is 0.0800. The van der Waals surface area contributed by atoms with E-state index < -0.39 is 11.9 Å². The van der Waals surface area contributed by atoms with Crippen LogP contribution in [0, 0.1) is 17.4 Å². The van der Waals surface area contributed by atoms with Crippen molar-refractivity contribution in [2.24, 2.45) is 4.99 Å². The lowest BCUT2D eigenvalue weighted by atomic mass is 10.1. The maximum atomic E-state index is 12.3. The number of carbonyl (C=O) groups excluding carboxylic acids is 2. The Morgan fingerprint density at radius 3 is 2.45 bits per heavy atom. The van der Waals surface area contributed by atoms with E-state index in [1.807, 2.05) is 44.2 Å². The number of carbonyl (C=O) groups is 2. The van der Waals surface area contributed by atoms with Gasteiger partial charge in [0.1, 0.15) is 5.75 Å². The summed E-state index contributed by atoms with van der Waals surface area (Å²) in [5, 5.41) is 0. The Morgan fingerprint density at radius 1 is 1.00 bits per heavy atom. The van der Waals surface area contributed by atoms with E-state index in [1.165, 1.54) is 0 Å². The quantitative estimate of drug-likeness (QED) is 0.197. The van der Waals surface area contributed by atoms with Crippen LogP contribution in [0.15, 0.2) is 77.4 Å². The third-order valence-corrected chi connectivity index (χ3v) is 5.99. The molecule has 5 nitrogen and oxygen atoms in total. The van der Waals surface area contributed by atoms with Gasteiger partial charge in [0.2, 0.25) is 5.90 Å². The van der Waals surface area contributed by atoms with Crippen molar-refractivity contribution in [3.05, 3.63) is 104 Å². The van der Waals surface area contributed by atoms with Crippen molar-refractivity contribution in [3.8, 4) is 5.75 Å². The molecule has 1 aliphatic heterocycles. The SMILES string of the molecule is Cc1cc(C2=N/C(=C\c3ccc(OC(=O)c4ccccc4C)cc3)C(=O)O2)ccc1I. The Morgan fingerprint density at radius 2 is 1.74 bits per heavy atom. The van der Waals surface area contributed by atoms with Crippen LogP contribution >= 0.6 is 22.6 Å². The molecule has 0 aromatic heterocycles. The number of aliphatic imine (C=N–C) groups is 1. The van der Waals surface area contributed by atoms with Gasteiger partial charge in [0, 0.05) is 9.13 Å². The molecule has 0 radical (unpaired) electrons. The summed E-state index contributed by atoms with van der Waals surface area (Å²) in [7, 11) is 0. The number of cyclic esters (lactones) is 1. The normalized spacial score (nSPS) is 14.4. The Hall–Kier alpha value is -3.26. The van der Waals surface area contributed by atoms with Crippen LogP contribution in [0.5, 0.6) is 5.75 Å². The van der Waals surface area contributed by atoms with E-state index >= 15 is 0 Å². The van der Waals surface area contributed by atoms with Crippen LogP contribution in [0.4, 0.5) is 0 Å². The zero-order valence-electron chi connectivity index (χ0n) is 16.9. The Labute approximate surface area is 193 Å². The standard InChI is InChI=1S/C25H18INO4/c1-15-5-3-4-6-20(15)24(28)30-19-10-7-17(8-11-19)14-22-25(29)31-23(27-22)18-9-12-21(26)16(2)13-18/h3-14H,1-2H3/b22-14-. The molecule has 1 heterocycles. The van der Waals surface area contributed by atoms with Crippen molar-refractivity contribution in [3.63, 3.8) is 0 Å². The molecule has 0 saturated carbocycles. The van der Waals surface area contributed by atoms with Crippen molar-refractivity contribution in [2.45, 2.75) is 13.8 Å². The van der Waals surface area contributed by atoms with Gasteiger partial charge >= 0.3 is 11.9 Å². The fourth-order valence-electron chi connectivity index (χ4n) is 3.06. The van der Waals surface area contributed by atoms with Gasteiger partial charge in [-0.25, -0.2) is 14.6 Å². The van der Waals surface area contributed by atoms with Crippen molar-refractivity contribution in [1.29, 1.82) is 0 Å². The molecule has 0 saturated heterocycles. The monoisotopic (exact) mass is 523 g/mol. The molecule has 0 atom stereocenters. The molecule has 6 heteroatoms. The second-order valence-corrected chi connectivity index (χ2v) is 8.24. The van der Waals surface area contributed by atoms with E-state index in [0.717, 1.165) is 25.8 Å². The van der Waals surface area contributed by atoms with Gasteiger partial charge in [0.25, 0.3) is 0 Å². The zero-order valence-corrected chi connectivity index (χ0v) is 19.0. The topological polar surface area (TPSA) is 65.0 Å². The van der Waals surface area contributed by atoms with Gasteiger partial charge in [-0.1, -0.05) is 30.3 Å². The summed E-state index contributed by atoms with van der Waals surface area (Å²) in [5.41, 5.74) is 4.18. The molecular weight excluding hydrogens is 505 g/mol. The smallest absolute Gasteiger partial charge is 0.363 e. The number of hydrogen-bond acceptors (Lipinski definition) is 5. The first-order chi connectivity index (χ1) is 14.9. The highest BCUT2D eigenvalue weighted by Gasteiger charge is 2.24. The molecule has 154 valence electrons. The zero-order chi connectivity index (χ0) is 22.0. The predicted octanol–water partition coefficient (Wildman–Crippen LogP) is 5.47. The van der Waals surface area contributed by atoms with Gasteiger partial charge in [0.15, 0.2) is 5.70 Å². The third kappa shape index (κ3) is 4.74. The Balaban J connectivity index is 1.50. The number of rotatable bonds is 4. The van der Waals surface area contributed by atoms with Crippen LogP contribution in [0.1, 0.15) is 32.6 Å². The second-order valence-electron chi connectivity index (χ2n) is 7.07. The summed E-state index contributed by atoms with van der Waals surface area (Å²) in [5.74, 6) is -0.200. The molecule has 3 aromatic carbocycles. The summed E-state index contributed by atoms with van der Waals surface area (Å²) in [6.45, 7) is 3.85. The van der Waals surface area contributed by atoms with Crippen LogP contribution in [0.25, 0.3) is 6.08 Å². The number of ether oxygens (including phenoxy) is 2. The predicted molar refractivity (Wildman–Crippen MR) is 127 cm³/mol. The first-order valence-corrected chi connectivity index (χ1v) is 10.7. The number of esters is 2. The third-order valence-electron chi connectivity index (χ3n) is 4.78.